The second-order valence-electron chi connectivity index (χ2n) is 4.28. The van der Waals surface area contributed by atoms with Crippen molar-refractivity contribution >= 4 is 67.2 Å². The van der Waals surface area contributed by atoms with Gasteiger partial charge in [-0.05, 0) is 41.6 Å². The van der Waals surface area contributed by atoms with Gasteiger partial charge in [-0.25, -0.2) is 9.37 Å². The summed E-state index contributed by atoms with van der Waals surface area (Å²) in [6.45, 7) is 2.10. The van der Waals surface area contributed by atoms with Gasteiger partial charge in [0.15, 0.2) is 0 Å². The summed E-state index contributed by atoms with van der Waals surface area (Å²) in [7, 11) is 0. The number of thiazole rings is 1. The van der Waals surface area contributed by atoms with E-state index in [-0.39, 0.29) is 18.2 Å². The highest BCUT2D eigenvalue weighted by Gasteiger charge is 2.08. The largest absolute Gasteiger partial charge is 0.466 e. The van der Waals surface area contributed by atoms with Gasteiger partial charge in [0.25, 0.3) is 0 Å². The number of esters is 1. The lowest BCUT2D eigenvalue weighted by Gasteiger charge is -2.01. The molecule has 5 nitrogen and oxygen atoms in total. The van der Waals surface area contributed by atoms with Crippen molar-refractivity contribution in [1.82, 2.24) is 4.98 Å². The van der Waals surface area contributed by atoms with Crippen LogP contribution in [0.25, 0.3) is 0 Å². The Morgan fingerprint density at radius 2 is 2.39 bits per heavy atom. The number of nitrogens with zero attached hydrogens (tertiary/aromatic N) is 2. The standard InChI is InChI=1S/C14H12BrFIN3O2S/c1-2-22-13(21)4-9-7-23-14(19-9)20-18-6-8-3-11(16)12(17)5-10(8)15/h3,5-7H,2,4H2,1H3,(H,19,20). The van der Waals surface area contributed by atoms with E-state index in [4.69, 9.17) is 4.74 Å². The molecule has 0 unspecified atom stereocenters. The molecule has 1 aromatic carbocycles. The van der Waals surface area contributed by atoms with Crippen molar-refractivity contribution in [3.63, 3.8) is 0 Å². The van der Waals surface area contributed by atoms with E-state index in [0.29, 0.717) is 26.6 Å². The third-order valence-electron chi connectivity index (χ3n) is 2.59. The molecule has 0 saturated carbocycles. The number of carbonyl (C=O) groups excluding carboxylic acids is 1. The molecule has 0 atom stereocenters. The molecule has 0 bridgehead atoms. The van der Waals surface area contributed by atoms with Crippen LogP contribution in [-0.4, -0.2) is 23.8 Å². The van der Waals surface area contributed by atoms with Gasteiger partial charge in [0, 0.05) is 19.0 Å². The van der Waals surface area contributed by atoms with E-state index in [1.165, 1.54) is 23.6 Å². The molecular formula is C14H12BrFIN3O2S. The Labute approximate surface area is 158 Å². The molecule has 0 amide bonds. The van der Waals surface area contributed by atoms with Gasteiger partial charge in [-0.15, -0.1) is 11.3 Å². The molecule has 0 aliphatic heterocycles. The van der Waals surface area contributed by atoms with Crippen LogP contribution < -0.4 is 5.43 Å². The van der Waals surface area contributed by atoms with E-state index in [1.807, 2.05) is 22.6 Å². The molecule has 23 heavy (non-hydrogen) atoms. The number of hydrazone groups is 1. The SMILES string of the molecule is CCOC(=O)Cc1csc(NN=Cc2cc(F)c(I)cc2Br)n1. The monoisotopic (exact) mass is 511 g/mol. The molecule has 0 fully saturated rings. The second-order valence-corrected chi connectivity index (χ2v) is 7.16. The van der Waals surface area contributed by atoms with Crippen LogP contribution in [0.2, 0.25) is 0 Å². The number of anilines is 1. The van der Waals surface area contributed by atoms with Crippen LogP contribution in [0.3, 0.4) is 0 Å². The Morgan fingerprint density at radius 3 is 3.13 bits per heavy atom. The topological polar surface area (TPSA) is 63.6 Å². The fraction of sp³-hybridized carbons (Fsp3) is 0.214. The zero-order valence-electron chi connectivity index (χ0n) is 12.0. The number of aromatic nitrogens is 1. The van der Waals surface area contributed by atoms with Gasteiger partial charge in [0.2, 0.25) is 5.13 Å². The van der Waals surface area contributed by atoms with E-state index in [1.54, 1.807) is 18.4 Å². The first-order valence-corrected chi connectivity index (χ1v) is 9.28. The number of benzene rings is 1. The van der Waals surface area contributed by atoms with Gasteiger partial charge < -0.3 is 4.74 Å². The highest BCUT2D eigenvalue weighted by molar-refractivity contribution is 14.1. The molecule has 0 aliphatic rings. The fourth-order valence-electron chi connectivity index (χ4n) is 1.59. The molecule has 1 N–H and O–H groups in total. The van der Waals surface area contributed by atoms with Crippen LogP contribution in [0.1, 0.15) is 18.2 Å². The lowest BCUT2D eigenvalue weighted by molar-refractivity contribution is -0.142. The molecule has 2 aromatic rings. The molecule has 0 spiro atoms. The summed E-state index contributed by atoms with van der Waals surface area (Å²) in [6, 6.07) is 3.07. The lowest BCUT2D eigenvalue weighted by atomic mass is 10.2. The summed E-state index contributed by atoms with van der Waals surface area (Å²) in [6.07, 6.45) is 1.62. The molecule has 0 saturated heterocycles. The fourth-order valence-corrected chi connectivity index (χ4v) is 3.59. The van der Waals surface area contributed by atoms with Crippen molar-refractivity contribution in [2.45, 2.75) is 13.3 Å². The number of ether oxygens (including phenoxy) is 1. The Morgan fingerprint density at radius 1 is 1.61 bits per heavy atom. The van der Waals surface area contributed by atoms with Crippen molar-refractivity contribution in [3.8, 4) is 0 Å². The van der Waals surface area contributed by atoms with Crippen molar-refractivity contribution in [1.29, 1.82) is 0 Å². The zero-order chi connectivity index (χ0) is 16.8. The smallest absolute Gasteiger partial charge is 0.311 e. The van der Waals surface area contributed by atoms with Gasteiger partial charge >= 0.3 is 5.97 Å². The number of carbonyl (C=O) groups is 1. The average molecular weight is 512 g/mol. The number of nitrogens with one attached hydrogen (secondary N) is 1. The highest BCUT2D eigenvalue weighted by Crippen LogP contribution is 2.22. The molecule has 9 heteroatoms. The van der Waals surface area contributed by atoms with Crippen molar-refractivity contribution in [2.75, 3.05) is 12.0 Å². The van der Waals surface area contributed by atoms with Crippen LogP contribution in [0, 0.1) is 9.39 Å². The predicted molar refractivity (Wildman–Crippen MR) is 100 cm³/mol. The minimum Gasteiger partial charge on any atom is -0.466 e. The molecule has 1 heterocycles. The Hall–Kier alpha value is -1.07. The molecule has 122 valence electrons. The lowest BCUT2D eigenvalue weighted by Crippen LogP contribution is -2.07. The molecule has 0 aliphatic carbocycles. The van der Waals surface area contributed by atoms with Crippen molar-refractivity contribution in [3.05, 3.63) is 42.6 Å². The van der Waals surface area contributed by atoms with E-state index < -0.39 is 0 Å². The number of halogens is 3. The second kappa shape index (κ2) is 8.69. The summed E-state index contributed by atoms with van der Waals surface area (Å²) < 4.78 is 19.7. The Kier molecular flexibility index (Phi) is 6.90. The van der Waals surface area contributed by atoms with E-state index >= 15 is 0 Å². The van der Waals surface area contributed by atoms with Crippen molar-refractivity contribution < 1.29 is 13.9 Å². The number of hydrogen-bond donors (Lipinski definition) is 1. The highest BCUT2D eigenvalue weighted by atomic mass is 127. The van der Waals surface area contributed by atoms with Crippen LogP contribution in [0.4, 0.5) is 9.52 Å². The Bertz CT molecular complexity index is 739. The van der Waals surface area contributed by atoms with Gasteiger partial charge in [-0.2, -0.15) is 5.10 Å². The first-order chi connectivity index (χ1) is 11.0. The van der Waals surface area contributed by atoms with Crippen LogP contribution in [0.5, 0.6) is 0 Å². The number of rotatable bonds is 6. The van der Waals surface area contributed by atoms with Gasteiger partial charge in [-0.3, -0.25) is 10.2 Å². The van der Waals surface area contributed by atoms with E-state index in [2.05, 4.69) is 31.4 Å². The normalized spacial score (nSPS) is 11.0. The van der Waals surface area contributed by atoms with E-state index in [9.17, 15) is 9.18 Å². The summed E-state index contributed by atoms with van der Waals surface area (Å²) in [5, 5.41) is 6.33. The van der Waals surface area contributed by atoms with Gasteiger partial charge in [0.1, 0.15) is 5.82 Å². The molecule has 2 rings (SSSR count). The minimum atomic E-state index is -0.314. The first-order valence-electron chi connectivity index (χ1n) is 6.53. The van der Waals surface area contributed by atoms with Crippen molar-refractivity contribution in [2.24, 2.45) is 5.10 Å². The average Bonchev–Trinajstić information content (AvgIpc) is 2.92. The summed E-state index contributed by atoms with van der Waals surface area (Å²) >= 11 is 6.60. The van der Waals surface area contributed by atoms with E-state index in [0.717, 1.165) is 4.47 Å². The van der Waals surface area contributed by atoms with Crippen LogP contribution >= 0.6 is 49.9 Å². The quantitative estimate of drug-likeness (QED) is 0.207. The zero-order valence-corrected chi connectivity index (χ0v) is 16.5. The molecular weight excluding hydrogens is 500 g/mol. The van der Waals surface area contributed by atoms with Crippen LogP contribution in [-0.2, 0) is 16.0 Å². The number of hydrogen-bond acceptors (Lipinski definition) is 6. The summed E-state index contributed by atoms with van der Waals surface area (Å²) in [5.74, 6) is -0.618. The summed E-state index contributed by atoms with van der Waals surface area (Å²) in [5.41, 5.74) is 3.99. The maximum atomic E-state index is 13.5. The maximum absolute atomic E-state index is 13.5. The van der Waals surface area contributed by atoms with Gasteiger partial charge in [-0.1, -0.05) is 15.9 Å². The molecule has 1 aromatic heterocycles. The predicted octanol–water partition coefficient (Wildman–Crippen LogP) is 4.20. The third kappa shape index (κ3) is 5.50. The van der Waals surface area contributed by atoms with Gasteiger partial charge in [0.05, 0.1) is 24.9 Å². The summed E-state index contributed by atoms with van der Waals surface area (Å²) in [4.78, 5) is 15.6. The van der Waals surface area contributed by atoms with Crippen LogP contribution in [0.15, 0.2) is 27.1 Å². The molecule has 0 radical (unpaired) electrons. The maximum Gasteiger partial charge on any atom is 0.311 e. The first kappa shape index (κ1) is 18.3. The minimum absolute atomic E-state index is 0.129. The Balaban J connectivity index is 1.97. The third-order valence-corrected chi connectivity index (χ3v) is 4.90.